The van der Waals surface area contributed by atoms with Crippen LogP contribution in [-0.4, -0.2) is 44.3 Å². The van der Waals surface area contributed by atoms with Crippen molar-refractivity contribution < 1.29 is 15.0 Å². The van der Waals surface area contributed by atoms with Crippen LogP contribution in [-0.2, 0) is 0 Å². The molecule has 0 spiro atoms. The molecule has 0 aliphatic carbocycles. The van der Waals surface area contributed by atoms with Crippen molar-refractivity contribution in [2.45, 2.75) is 18.9 Å². The Labute approximate surface area is 109 Å². The van der Waals surface area contributed by atoms with Gasteiger partial charge in [-0.1, -0.05) is 6.07 Å². The molecule has 3 heterocycles. The molecule has 0 aromatic carbocycles. The normalized spacial score (nSPS) is 23.2. The first-order valence-corrected chi connectivity index (χ1v) is 6.16. The Bertz CT molecular complexity index is 648. The molecule has 6 heteroatoms. The molecule has 1 aliphatic heterocycles. The molecule has 3 rings (SSSR count). The summed E-state index contributed by atoms with van der Waals surface area (Å²) in [6, 6.07) is 5.35. The van der Waals surface area contributed by atoms with Gasteiger partial charge in [0.05, 0.1) is 5.60 Å². The molecule has 1 atom stereocenters. The second kappa shape index (κ2) is 3.96. The van der Waals surface area contributed by atoms with E-state index in [2.05, 4.69) is 4.98 Å². The van der Waals surface area contributed by atoms with Crippen LogP contribution in [0.4, 0.5) is 5.82 Å². The van der Waals surface area contributed by atoms with Crippen molar-refractivity contribution in [3.63, 3.8) is 0 Å². The highest BCUT2D eigenvalue weighted by Gasteiger charge is 2.35. The van der Waals surface area contributed by atoms with E-state index < -0.39 is 11.6 Å². The van der Waals surface area contributed by atoms with Crippen LogP contribution >= 0.6 is 0 Å². The molecule has 0 saturated carbocycles. The van der Waals surface area contributed by atoms with Crippen LogP contribution in [0.15, 0.2) is 24.4 Å². The van der Waals surface area contributed by atoms with Crippen molar-refractivity contribution in [3.05, 3.63) is 30.1 Å². The van der Waals surface area contributed by atoms with E-state index in [-0.39, 0.29) is 5.69 Å². The van der Waals surface area contributed by atoms with E-state index in [1.54, 1.807) is 29.7 Å². The van der Waals surface area contributed by atoms with Crippen LogP contribution < -0.4 is 4.90 Å². The second-order valence-corrected chi connectivity index (χ2v) is 5.19. The van der Waals surface area contributed by atoms with Crippen molar-refractivity contribution in [1.82, 2.24) is 9.38 Å². The lowest BCUT2D eigenvalue weighted by molar-refractivity contribution is 0.0688. The predicted molar refractivity (Wildman–Crippen MR) is 69.6 cm³/mol. The molecule has 1 unspecified atom stereocenters. The molecule has 2 aromatic rings. The molecule has 100 valence electrons. The SMILES string of the molecule is CC1(O)CCN(c2nc3ccccn3c2C(=O)O)C1. The van der Waals surface area contributed by atoms with Gasteiger partial charge in [-0.3, -0.25) is 4.40 Å². The van der Waals surface area contributed by atoms with Crippen molar-refractivity contribution in [3.8, 4) is 0 Å². The Morgan fingerprint density at radius 3 is 2.89 bits per heavy atom. The lowest BCUT2D eigenvalue weighted by atomic mass is 10.1. The number of hydrogen-bond acceptors (Lipinski definition) is 4. The number of nitrogens with zero attached hydrogens (tertiary/aromatic N) is 3. The summed E-state index contributed by atoms with van der Waals surface area (Å²) >= 11 is 0. The zero-order valence-corrected chi connectivity index (χ0v) is 10.6. The summed E-state index contributed by atoms with van der Waals surface area (Å²) < 4.78 is 1.56. The highest BCUT2D eigenvalue weighted by molar-refractivity contribution is 5.93. The summed E-state index contributed by atoms with van der Waals surface area (Å²) in [5.74, 6) is -0.586. The third-order valence-electron chi connectivity index (χ3n) is 3.47. The van der Waals surface area contributed by atoms with E-state index in [9.17, 15) is 15.0 Å². The van der Waals surface area contributed by atoms with Crippen molar-refractivity contribution in [2.75, 3.05) is 18.0 Å². The third kappa shape index (κ3) is 1.94. The van der Waals surface area contributed by atoms with Crippen molar-refractivity contribution in [2.24, 2.45) is 0 Å². The Kier molecular flexibility index (Phi) is 2.50. The van der Waals surface area contributed by atoms with Gasteiger partial charge in [0, 0.05) is 19.3 Å². The molecular formula is C13H15N3O3. The summed E-state index contributed by atoms with van der Waals surface area (Å²) in [5.41, 5.74) is -0.0410. The van der Waals surface area contributed by atoms with Crippen LogP contribution in [0, 0.1) is 0 Å². The summed E-state index contributed by atoms with van der Waals surface area (Å²) in [4.78, 5) is 17.7. The number of aromatic carboxylic acids is 1. The van der Waals surface area contributed by atoms with Gasteiger partial charge in [0.1, 0.15) is 5.65 Å². The average Bonchev–Trinajstić information content (AvgIpc) is 2.88. The highest BCUT2D eigenvalue weighted by atomic mass is 16.4. The van der Waals surface area contributed by atoms with Gasteiger partial charge in [-0.15, -0.1) is 0 Å². The molecular weight excluding hydrogens is 246 g/mol. The first kappa shape index (κ1) is 12.0. The van der Waals surface area contributed by atoms with Crippen LogP contribution in [0.5, 0.6) is 0 Å². The van der Waals surface area contributed by atoms with Gasteiger partial charge in [-0.25, -0.2) is 9.78 Å². The summed E-state index contributed by atoms with van der Waals surface area (Å²) in [7, 11) is 0. The summed E-state index contributed by atoms with van der Waals surface area (Å²) in [5, 5.41) is 19.4. The quantitative estimate of drug-likeness (QED) is 0.843. The van der Waals surface area contributed by atoms with E-state index in [0.29, 0.717) is 31.0 Å². The maximum atomic E-state index is 11.5. The van der Waals surface area contributed by atoms with Gasteiger partial charge in [0.25, 0.3) is 0 Å². The number of carboxylic acid groups (broad SMARTS) is 1. The van der Waals surface area contributed by atoms with Crippen LogP contribution in [0.1, 0.15) is 23.8 Å². The predicted octanol–water partition coefficient (Wildman–Crippen LogP) is 0.994. The molecule has 0 amide bonds. The Morgan fingerprint density at radius 1 is 1.47 bits per heavy atom. The number of hydrogen-bond donors (Lipinski definition) is 2. The highest BCUT2D eigenvalue weighted by Crippen LogP contribution is 2.29. The Balaban J connectivity index is 2.13. The number of anilines is 1. The molecule has 1 aliphatic rings. The minimum absolute atomic E-state index is 0.147. The average molecular weight is 261 g/mol. The van der Waals surface area contributed by atoms with Gasteiger partial charge in [0.15, 0.2) is 11.5 Å². The number of carboxylic acids is 1. The molecule has 1 fully saturated rings. The van der Waals surface area contributed by atoms with E-state index in [4.69, 9.17) is 0 Å². The largest absolute Gasteiger partial charge is 0.476 e. The number of carbonyl (C=O) groups is 1. The number of imidazole rings is 1. The molecule has 19 heavy (non-hydrogen) atoms. The van der Waals surface area contributed by atoms with Gasteiger partial charge < -0.3 is 15.1 Å². The fourth-order valence-electron chi connectivity index (χ4n) is 2.53. The van der Waals surface area contributed by atoms with Crippen LogP contribution in [0.3, 0.4) is 0 Å². The number of pyridine rings is 1. The minimum Gasteiger partial charge on any atom is -0.476 e. The number of rotatable bonds is 2. The fourth-order valence-corrected chi connectivity index (χ4v) is 2.53. The lowest BCUT2D eigenvalue weighted by Crippen LogP contribution is -2.30. The Morgan fingerprint density at radius 2 is 2.26 bits per heavy atom. The van der Waals surface area contributed by atoms with Gasteiger partial charge in [-0.05, 0) is 25.5 Å². The number of β-amino-alcohol motifs (C(OH)–C–C–N with tert-alkyl or cyclic N) is 1. The van der Waals surface area contributed by atoms with Crippen LogP contribution in [0.2, 0.25) is 0 Å². The van der Waals surface area contributed by atoms with Crippen LogP contribution in [0.25, 0.3) is 5.65 Å². The zero-order chi connectivity index (χ0) is 13.6. The van der Waals surface area contributed by atoms with E-state index in [1.807, 2.05) is 11.0 Å². The number of fused-ring (bicyclic) bond motifs is 1. The van der Waals surface area contributed by atoms with Crippen molar-refractivity contribution in [1.29, 1.82) is 0 Å². The molecule has 2 N–H and O–H groups in total. The third-order valence-corrected chi connectivity index (χ3v) is 3.47. The van der Waals surface area contributed by atoms with E-state index in [0.717, 1.165) is 0 Å². The maximum Gasteiger partial charge on any atom is 0.356 e. The topological polar surface area (TPSA) is 78.1 Å². The molecule has 0 bridgehead atoms. The Hall–Kier alpha value is -2.08. The number of aliphatic hydroxyl groups is 1. The summed E-state index contributed by atoms with van der Waals surface area (Å²) in [6.07, 6.45) is 2.30. The fraction of sp³-hybridized carbons (Fsp3) is 0.385. The smallest absolute Gasteiger partial charge is 0.356 e. The molecule has 6 nitrogen and oxygen atoms in total. The van der Waals surface area contributed by atoms with Gasteiger partial charge >= 0.3 is 5.97 Å². The monoisotopic (exact) mass is 261 g/mol. The minimum atomic E-state index is -1.01. The number of aromatic nitrogens is 2. The summed E-state index contributed by atoms with van der Waals surface area (Å²) in [6.45, 7) is 2.76. The standard InChI is InChI=1S/C13H15N3O3/c1-13(19)5-7-15(8-13)11-10(12(17)18)16-6-3-2-4-9(16)14-11/h2-4,6,19H,5,7-8H2,1H3,(H,17,18). The second-order valence-electron chi connectivity index (χ2n) is 5.19. The van der Waals surface area contributed by atoms with E-state index in [1.165, 1.54) is 0 Å². The molecule has 2 aromatic heterocycles. The van der Waals surface area contributed by atoms with Crippen molar-refractivity contribution >= 4 is 17.4 Å². The molecule has 1 saturated heterocycles. The molecule has 0 radical (unpaired) electrons. The first-order chi connectivity index (χ1) is 8.98. The zero-order valence-electron chi connectivity index (χ0n) is 10.6. The lowest BCUT2D eigenvalue weighted by Gasteiger charge is -2.19. The van der Waals surface area contributed by atoms with E-state index >= 15 is 0 Å². The first-order valence-electron chi connectivity index (χ1n) is 6.16. The van der Waals surface area contributed by atoms with Gasteiger partial charge in [-0.2, -0.15) is 0 Å². The maximum absolute atomic E-state index is 11.5. The van der Waals surface area contributed by atoms with Gasteiger partial charge in [0.2, 0.25) is 0 Å².